The summed E-state index contributed by atoms with van der Waals surface area (Å²) in [6.45, 7) is 0.579. The molecule has 3 amide bonds. The predicted octanol–water partition coefficient (Wildman–Crippen LogP) is 2.66. The van der Waals surface area contributed by atoms with E-state index in [-0.39, 0.29) is 49.1 Å². The Bertz CT molecular complexity index is 852. The number of amides is 3. The lowest BCUT2D eigenvalue weighted by atomic mass is 9.84. The maximum absolute atomic E-state index is 12.4. The first kappa shape index (κ1) is 21.5. The van der Waals surface area contributed by atoms with Gasteiger partial charge in [-0.05, 0) is 56.2 Å². The number of rotatable bonds is 7. The fourth-order valence-corrected chi connectivity index (χ4v) is 5.25. The van der Waals surface area contributed by atoms with E-state index in [0.717, 1.165) is 43.5 Å². The second-order valence-corrected chi connectivity index (χ2v) is 9.69. The molecule has 4 N–H and O–H groups in total. The lowest BCUT2D eigenvalue weighted by Crippen LogP contribution is -2.47. The summed E-state index contributed by atoms with van der Waals surface area (Å²) in [5.41, 5.74) is 1.72. The molecule has 3 fully saturated rings. The SMILES string of the molecule is O=C(C[C@H]1C[C@H]2c3cc(NC(=O)NC4CCCC4)ccc3O[C@H]2[C@@H](CO)O1)NCC1CC1. The molecule has 5 rings (SSSR count). The normalized spacial score (nSPS) is 29.0. The highest BCUT2D eigenvalue weighted by Gasteiger charge is 2.46. The third-order valence-electron chi connectivity index (χ3n) is 7.15. The quantitative estimate of drug-likeness (QED) is 0.518. The second-order valence-electron chi connectivity index (χ2n) is 9.69. The minimum absolute atomic E-state index is 0.00446. The van der Waals surface area contributed by atoms with Crippen LogP contribution in [-0.2, 0) is 9.53 Å². The van der Waals surface area contributed by atoms with Crippen molar-refractivity contribution in [3.05, 3.63) is 23.8 Å². The molecular formula is C24H33N3O5. The van der Waals surface area contributed by atoms with E-state index >= 15 is 0 Å². The van der Waals surface area contributed by atoms with Crippen molar-refractivity contribution in [3.8, 4) is 5.75 Å². The highest BCUT2D eigenvalue weighted by molar-refractivity contribution is 5.89. The Kier molecular flexibility index (Phi) is 6.24. The molecule has 4 atom stereocenters. The fraction of sp³-hybridized carbons (Fsp3) is 0.667. The minimum atomic E-state index is -0.482. The summed E-state index contributed by atoms with van der Waals surface area (Å²) in [5.74, 6) is 1.39. The zero-order chi connectivity index (χ0) is 22.1. The van der Waals surface area contributed by atoms with E-state index in [0.29, 0.717) is 18.0 Å². The van der Waals surface area contributed by atoms with Crippen LogP contribution in [-0.4, -0.2) is 54.6 Å². The largest absolute Gasteiger partial charge is 0.487 e. The lowest BCUT2D eigenvalue weighted by Gasteiger charge is -2.37. The van der Waals surface area contributed by atoms with Gasteiger partial charge in [-0.2, -0.15) is 0 Å². The van der Waals surface area contributed by atoms with Crippen molar-refractivity contribution in [1.82, 2.24) is 10.6 Å². The molecule has 32 heavy (non-hydrogen) atoms. The average Bonchev–Trinajstić information content (AvgIpc) is 3.35. The molecular weight excluding hydrogens is 410 g/mol. The number of benzene rings is 1. The van der Waals surface area contributed by atoms with Crippen molar-refractivity contribution in [3.63, 3.8) is 0 Å². The first-order chi connectivity index (χ1) is 15.6. The average molecular weight is 444 g/mol. The highest BCUT2D eigenvalue weighted by atomic mass is 16.6. The van der Waals surface area contributed by atoms with Gasteiger partial charge in [0.15, 0.2) is 0 Å². The van der Waals surface area contributed by atoms with E-state index < -0.39 is 6.10 Å². The molecule has 2 heterocycles. The van der Waals surface area contributed by atoms with Crippen LogP contribution < -0.4 is 20.7 Å². The summed E-state index contributed by atoms with van der Waals surface area (Å²) >= 11 is 0. The van der Waals surface area contributed by atoms with Crippen LogP contribution in [0.4, 0.5) is 10.5 Å². The van der Waals surface area contributed by atoms with E-state index in [1.165, 1.54) is 12.8 Å². The van der Waals surface area contributed by atoms with Gasteiger partial charge >= 0.3 is 6.03 Å². The van der Waals surface area contributed by atoms with Crippen molar-refractivity contribution in [2.24, 2.45) is 5.92 Å². The van der Waals surface area contributed by atoms with Crippen molar-refractivity contribution >= 4 is 17.6 Å². The molecule has 1 aromatic carbocycles. The van der Waals surface area contributed by atoms with Crippen LogP contribution in [0.15, 0.2) is 18.2 Å². The summed E-state index contributed by atoms with van der Waals surface area (Å²) in [7, 11) is 0. The van der Waals surface area contributed by atoms with Crippen molar-refractivity contribution in [2.75, 3.05) is 18.5 Å². The summed E-state index contributed by atoms with van der Waals surface area (Å²) in [6, 6.07) is 5.73. The maximum Gasteiger partial charge on any atom is 0.319 e. The number of carbonyl (C=O) groups is 2. The Labute approximate surface area is 188 Å². The molecule has 2 aliphatic heterocycles. The topological polar surface area (TPSA) is 109 Å². The molecule has 0 radical (unpaired) electrons. The van der Waals surface area contributed by atoms with Gasteiger partial charge in [-0.25, -0.2) is 4.79 Å². The van der Waals surface area contributed by atoms with Crippen LogP contribution in [0.25, 0.3) is 0 Å². The Morgan fingerprint density at radius 1 is 1.12 bits per heavy atom. The number of ether oxygens (including phenoxy) is 2. The van der Waals surface area contributed by atoms with Gasteiger partial charge in [-0.15, -0.1) is 0 Å². The second kappa shape index (κ2) is 9.27. The predicted molar refractivity (Wildman–Crippen MR) is 119 cm³/mol. The van der Waals surface area contributed by atoms with Gasteiger partial charge in [0, 0.05) is 29.8 Å². The van der Waals surface area contributed by atoms with Crippen molar-refractivity contribution in [2.45, 2.75) is 81.6 Å². The number of hydrogen-bond acceptors (Lipinski definition) is 5. The van der Waals surface area contributed by atoms with Crippen LogP contribution in [0, 0.1) is 5.92 Å². The van der Waals surface area contributed by atoms with E-state index in [1.807, 2.05) is 18.2 Å². The number of nitrogens with one attached hydrogen (secondary N) is 3. The van der Waals surface area contributed by atoms with Crippen LogP contribution in [0.1, 0.15) is 62.8 Å². The van der Waals surface area contributed by atoms with Gasteiger partial charge < -0.3 is 30.5 Å². The van der Waals surface area contributed by atoms with Gasteiger partial charge in [0.2, 0.25) is 5.91 Å². The Balaban J connectivity index is 1.24. The van der Waals surface area contributed by atoms with Gasteiger partial charge in [0.1, 0.15) is 18.0 Å². The molecule has 174 valence electrons. The molecule has 0 aromatic heterocycles. The van der Waals surface area contributed by atoms with Crippen LogP contribution in [0.5, 0.6) is 5.75 Å². The van der Waals surface area contributed by atoms with Crippen LogP contribution in [0.3, 0.4) is 0 Å². The lowest BCUT2D eigenvalue weighted by molar-refractivity contribution is -0.142. The van der Waals surface area contributed by atoms with Gasteiger partial charge in [-0.3, -0.25) is 4.79 Å². The van der Waals surface area contributed by atoms with Crippen LogP contribution in [0.2, 0.25) is 0 Å². The first-order valence-corrected chi connectivity index (χ1v) is 12.0. The Hall–Kier alpha value is -2.32. The molecule has 8 heteroatoms. The summed E-state index contributed by atoms with van der Waals surface area (Å²) in [5, 5.41) is 18.9. The summed E-state index contributed by atoms with van der Waals surface area (Å²) in [4.78, 5) is 24.7. The van der Waals surface area contributed by atoms with E-state index in [1.54, 1.807) is 0 Å². The van der Waals surface area contributed by atoms with Gasteiger partial charge in [0.05, 0.1) is 19.1 Å². The van der Waals surface area contributed by atoms with Crippen molar-refractivity contribution in [1.29, 1.82) is 0 Å². The van der Waals surface area contributed by atoms with Gasteiger partial charge in [-0.1, -0.05) is 12.8 Å². The molecule has 0 bridgehead atoms. The smallest absolute Gasteiger partial charge is 0.319 e. The van der Waals surface area contributed by atoms with Crippen LogP contribution >= 0.6 is 0 Å². The number of aliphatic hydroxyl groups excluding tert-OH is 1. The van der Waals surface area contributed by atoms with E-state index in [9.17, 15) is 14.7 Å². The molecule has 8 nitrogen and oxygen atoms in total. The van der Waals surface area contributed by atoms with E-state index in [4.69, 9.17) is 9.47 Å². The zero-order valence-electron chi connectivity index (χ0n) is 18.3. The monoisotopic (exact) mass is 443 g/mol. The number of anilines is 1. The number of hydrogen-bond donors (Lipinski definition) is 4. The third-order valence-corrected chi connectivity index (χ3v) is 7.15. The molecule has 0 spiro atoms. The summed E-state index contributed by atoms with van der Waals surface area (Å²) < 4.78 is 12.1. The standard InChI is InChI=1S/C24H33N3O5/c28-13-21-23-19(10-17(31-21)11-22(29)25-12-14-5-6-14)18-9-16(7-8-20(18)32-23)27-24(30)26-15-3-1-2-4-15/h7-9,14-15,17,19,21,23,28H,1-6,10-13H2,(H,25,29)(H2,26,27,30)/t17-,19+,21-,23-/m1/s1. The molecule has 1 aromatic rings. The first-order valence-electron chi connectivity index (χ1n) is 12.0. The molecule has 4 aliphatic rings. The number of aliphatic hydroxyl groups is 1. The number of carbonyl (C=O) groups excluding carboxylic acids is 2. The van der Waals surface area contributed by atoms with Gasteiger partial charge in [0.25, 0.3) is 0 Å². The third kappa shape index (κ3) is 4.86. The minimum Gasteiger partial charge on any atom is -0.487 e. The zero-order valence-corrected chi connectivity index (χ0v) is 18.3. The summed E-state index contributed by atoms with van der Waals surface area (Å²) in [6.07, 6.45) is 6.67. The molecule has 2 saturated carbocycles. The Morgan fingerprint density at radius 3 is 2.69 bits per heavy atom. The molecule has 1 saturated heterocycles. The fourth-order valence-electron chi connectivity index (χ4n) is 5.25. The highest BCUT2D eigenvalue weighted by Crippen LogP contribution is 2.47. The Morgan fingerprint density at radius 2 is 1.94 bits per heavy atom. The maximum atomic E-state index is 12.4. The number of fused-ring (bicyclic) bond motifs is 3. The number of urea groups is 1. The van der Waals surface area contributed by atoms with E-state index in [2.05, 4.69) is 16.0 Å². The molecule has 0 unspecified atom stereocenters. The molecule has 2 aliphatic carbocycles. The van der Waals surface area contributed by atoms with Crippen molar-refractivity contribution < 1.29 is 24.2 Å².